The first-order valence-electron chi connectivity index (χ1n) is 5.04. The first-order chi connectivity index (χ1) is 7.36. The Kier molecular flexibility index (Phi) is 5.54. The highest BCUT2D eigenvalue weighted by molar-refractivity contribution is 5.22. The SMILES string of the molecule is CC#CCNCc1ccc(COC)cc1. The van der Waals surface area contributed by atoms with Gasteiger partial charge in [0, 0.05) is 13.7 Å². The van der Waals surface area contributed by atoms with E-state index in [9.17, 15) is 0 Å². The molecule has 0 atom stereocenters. The van der Waals surface area contributed by atoms with Crippen molar-refractivity contribution in [2.45, 2.75) is 20.1 Å². The van der Waals surface area contributed by atoms with Gasteiger partial charge in [-0.2, -0.15) is 0 Å². The molecule has 0 saturated heterocycles. The Bertz CT molecular complexity index is 332. The van der Waals surface area contributed by atoms with Crippen molar-refractivity contribution < 1.29 is 4.74 Å². The molecule has 0 bridgehead atoms. The van der Waals surface area contributed by atoms with Gasteiger partial charge in [0.15, 0.2) is 0 Å². The molecule has 80 valence electrons. The van der Waals surface area contributed by atoms with Gasteiger partial charge in [0.2, 0.25) is 0 Å². The van der Waals surface area contributed by atoms with Crippen LogP contribution < -0.4 is 5.32 Å². The van der Waals surface area contributed by atoms with Crippen LogP contribution in [0.15, 0.2) is 24.3 Å². The number of nitrogens with one attached hydrogen (secondary N) is 1. The van der Waals surface area contributed by atoms with E-state index in [2.05, 4.69) is 41.4 Å². The van der Waals surface area contributed by atoms with E-state index in [1.807, 2.05) is 6.92 Å². The van der Waals surface area contributed by atoms with Crippen molar-refractivity contribution in [1.29, 1.82) is 0 Å². The van der Waals surface area contributed by atoms with Crippen molar-refractivity contribution in [3.05, 3.63) is 35.4 Å². The van der Waals surface area contributed by atoms with Crippen molar-refractivity contribution in [3.8, 4) is 11.8 Å². The predicted molar refractivity (Wildman–Crippen MR) is 62.3 cm³/mol. The maximum atomic E-state index is 5.05. The monoisotopic (exact) mass is 203 g/mol. The summed E-state index contributed by atoms with van der Waals surface area (Å²) in [6.07, 6.45) is 0. The number of hydrogen-bond acceptors (Lipinski definition) is 2. The van der Waals surface area contributed by atoms with Gasteiger partial charge >= 0.3 is 0 Å². The van der Waals surface area contributed by atoms with Crippen molar-refractivity contribution in [2.75, 3.05) is 13.7 Å². The van der Waals surface area contributed by atoms with Gasteiger partial charge in [0.25, 0.3) is 0 Å². The molecule has 0 aromatic heterocycles. The minimum atomic E-state index is 0.676. The highest BCUT2D eigenvalue weighted by atomic mass is 16.5. The second-order valence-electron chi connectivity index (χ2n) is 3.28. The molecule has 1 rings (SSSR count). The van der Waals surface area contributed by atoms with Gasteiger partial charge in [-0.3, -0.25) is 0 Å². The highest BCUT2D eigenvalue weighted by Crippen LogP contribution is 2.04. The van der Waals surface area contributed by atoms with Crippen LogP contribution in [0.4, 0.5) is 0 Å². The summed E-state index contributed by atoms with van der Waals surface area (Å²) in [6, 6.07) is 8.40. The average molecular weight is 203 g/mol. The van der Waals surface area contributed by atoms with Crippen LogP contribution in [0.5, 0.6) is 0 Å². The fraction of sp³-hybridized carbons (Fsp3) is 0.385. The summed E-state index contributed by atoms with van der Waals surface area (Å²) in [5.41, 5.74) is 2.47. The maximum Gasteiger partial charge on any atom is 0.0713 e. The molecule has 0 aliphatic heterocycles. The number of rotatable bonds is 5. The number of methoxy groups -OCH3 is 1. The molecule has 0 unspecified atom stereocenters. The summed E-state index contributed by atoms with van der Waals surface area (Å²) in [7, 11) is 1.71. The smallest absolute Gasteiger partial charge is 0.0713 e. The molecule has 1 aromatic rings. The van der Waals surface area contributed by atoms with Crippen molar-refractivity contribution in [2.24, 2.45) is 0 Å². The Hall–Kier alpha value is -1.30. The zero-order chi connectivity index (χ0) is 10.9. The topological polar surface area (TPSA) is 21.3 Å². The fourth-order valence-electron chi connectivity index (χ4n) is 1.28. The zero-order valence-electron chi connectivity index (χ0n) is 9.34. The summed E-state index contributed by atoms with van der Waals surface area (Å²) in [5, 5.41) is 3.25. The Morgan fingerprint density at radius 3 is 2.47 bits per heavy atom. The van der Waals surface area contributed by atoms with E-state index < -0.39 is 0 Å². The van der Waals surface area contributed by atoms with E-state index >= 15 is 0 Å². The number of hydrogen-bond donors (Lipinski definition) is 1. The van der Waals surface area contributed by atoms with Gasteiger partial charge in [-0.05, 0) is 18.1 Å². The molecule has 1 aromatic carbocycles. The summed E-state index contributed by atoms with van der Waals surface area (Å²) >= 11 is 0. The first-order valence-corrected chi connectivity index (χ1v) is 5.04. The molecule has 0 saturated carbocycles. The van der Waals surface area contributed by atoms with E-state index in [0.717, 1.165) is 13.1 Å². The summed E-state index contributed by atoms with van der Waals surface area (Å²) in [6.45, 7) is 4.13. The predicted octanol–water partition coefficient (Wildman–Crippen LogP) is 1.95. The zero-order valence-corrected chi connectivity index (χ0v) is 9.34. The summed E-state index contributed by atoms with van der Waals surface area (Å²) in [5.74, 6) is 5.82. The third kappa shape index (κ3) is 4.64. The summed E-state index contributed by atoms with van der Waals surface area (Å²) in [4.78, 5) is 0. The molecule has 2 heteroatoms. The Morgan fingerprint density at radius 2 is 1.87 bits per heavy atom. The lowest BCUT2D eigenvalue weighted by Crippen LogP contribution is -2.13. The fourth-order valence-corrected chi connectivity index (χ4v) is 1.28. The lowest BCUT2D eigenvalue weighted by molar-refractivity contribution is 0.185. The quantitative estimate of drug-likeness (QED) is 0.583. The lowest BCUT2D eigenvalue weighted by atomic mass is 10.1. The van der Waals surface area contributed by atoms with Crippen LogP contribution in [-0.2, 0) is 17.9 Å². The van der Waals surface area contributed by atoms with Crippen LogP contribution in [0, 0.1) is 11.8 Å². The normalized spacial score (nSPS) is 9.47. The van der Waals surface area contributed by atoms with Gasteiger partial charge in [0.1, 0.15) is 0 Å². The van der Waals surface area contributed by atoms with Crippen molar-refractivity contribution >= 4 is 0 Å². The molecule has 1 N–H and O–H groups in total. The molecule has 0 fully saturated rings. The second kappa shape index (κ2) is 7.05. The van der Waals surface area contributed by atoms with E-state index in [1.54, 1.807) is 7.11 Å². The Balaban J connectivity index is 2.38. The molecule has 0 amide bonds. The summed E-state index contributed by atoms with van der Waals surface area (Å²) < 4.78 is 5.05. The molecule has 0 aliphatic carbocycles. The van der Waals surface area contributed by atoms with Gasteiger partial charge in [-0.15, -0.1) is 5.92 Å². The molecule has 0 spiro atoms. The highest BCUT2D eigenvalue weighted by Gasteiger charge is 1.93. The minimum absolute atomic E-state index is 0.676. The van der Waals surface area contributed by atoms with Crippen LogP contribution in [0.2, 0.25) is 0 Å². The third-order valence-corrected chi connectivity index (χ3v) is 2.05. The first kappa shape index (κ1) is 11.8. The molecular formula is C13H17NO. The molecule has 0 heterocycles. The average Bonchev–Trinajstić information content (AvgIpc) is 2.27. The molecule has 0 radical (unpaired) electrons. The molecule has 2 nitrogen and oxygen atoms in total. The van der Waals surface area contributed by atoms with E-state index in [-0.39, 0.29) is 0 Å². The van der Waals surface area contributed by atoms with Crippen molar-refractivity contribution in [3.63, 3.8) is 0 Å². The van der Waals surface area contributed by atoms with Gasteiger partial charge in [-0.1, -0.05) is 30.2 Å². The van der Waals surface area contributed by atoms with Crippen molar-refractivity contribution in [1.82, 2.24) is 5.32 Å². The largest absolute Gasteiger partial charge is 0.380 e. The van der Waals surface area contributed by atoms with Crippen LogP contribution in [-0.4, -0.2) is 13.7 Å². The Morgan fingerprint density at radius 1 is 1.20 bits per heavy atom. The molecular weight excluding hydrogens is 186 g/mol. The lowest BCUT2D eigenvalue weighted by Gasteiger charge is -2.03. The maximum absolute atomic E-state index is 5.05. The number of ether oxygens (including phenoxy) is 1. The van der Waals surface area contributed by atoms with E-state index in [4.69, 9.17) is 4.74 Å². The number of benzene rings is 1. The standard InChI is InChI=1S/C13H17NO/c1-3-4-9-14-10-12-5-7-13(8-6-12)11-15-2/h5-8,14H,9-11H2,1-2H3. The molecule has 15 heavy (non-hydrogen) atoms. The van der Waals surface area contributed by atoms with E-state index in [0.29, 0.717) is 6.61 Å². The van der Waals surface area contributed by atoms with Crippen LogP contribution in [0.1, 0.15) is 18.1 Å². The van der Waals surface area contributed by atoms with Gasteiger partial charge in [0.05, 0.1) is 13.2 Å². The van der Waals surface area contributed by atoms with Crippen LogP contribution >= 0.6 is 0 Å². The Labute approximate surface area is 91.6 Å². The molecule has 0 aliphatic rings. The minimum Gasteiger partial charge on any atom is -0.380 e. The van der Waals surface area contributed by atoms with Crippen LogP contribution in [0.3, 0.4) is 0 Å². The third-order valence-electron chi connectivity index (χ3n) is 2.05. The van der Waals surface area contributed by atoms with Crippen LogP contribution in [0.25, 0.3) is 0 Å². The second-order valence-corrected chi connectivity index (χ2v) is 3.28. The van der Waals surface area contributed by atoms with E-state index in [1.165, 1.54) is 11.1 Å². The van der Waals surface area contributed by atoms with Gasteiger partial charge < -0.3 is 10.1 Å². The van der Waals surface area contributed by atoms with Gasteiger partial charge in [-0.25, -0.2) is 0 Å².